The van der Waals surface area contributed by atoms with E-state index < -0.39 is 46.5 Å². The van der Waals surface area contributed by atoms with Crippen LogP contribution in [0, 0.1) is 0 Å². The van der Waals surface area contributed by atoms with E-state index in [0.717, 1.165) is 0 Å². The van der Waals surface area contributed by atoms with Crippen molar-refractivity contribution in [2.45, 2.75) is 37.6 Å². The maximum Gasteiger partial charge on any atom is 0.321 e. The molecule has 0 heterocycles. The number of carbonyl (C=O) groups is 3. The Morgan fingerprint density at radius 1 is 1.19 bits per heavy atom. The molecule has 1 aromatic carbocycles. The molecular weight excluding hydrogens is 384 g/mol. The second-order valence-electron chi connectivity index (χ2n) is 5.51. The largest absolute Gasteiger partial charge is 0.456 e. The number of carbonyl (C=O) groups excluding carboxylic acids is 3. The Hall–Kier alpha value is -2.13. The number of hydrogen-bond acceptors (Lipinski definition) is 6. The molecule has 10 heteroatoms. The molecule has 0 aliphatic carbocycles. The van der Waals surface area contributed by atoms with Gasteiger partial charge in [0, 0.05) is 11.1 Å². The van der Waals surface area contributed by atoms with Gasteiger partial charge in [0.2, 0.25) is 0 Å². The van der Waals surface area contributed by atoms with Gasteiger partial charge >= 0.3 is 12.0 Å². The van der Waals surface area contributed by atoms with Crippen LogP contribution in [0.1, 0.15) is 26.7 Å². The van der Waals surface area contributed by atoms with Gasteiger partial charge < -0.3 is 10.1 Å². The van der Waals surface area contributed by atoms with Crippen molar-refractivity contribution >= 4 is 39.3 Å². The molecule has 0 unspecified atom stereocenters. The molecule has 0 radical (unpaired) electrons. The molecule has 2 N–H and O–H groups in total. The summed E-state index contributed by atoms with van der Waals surface area (Å²) in [5, 5.41) is 4.92. The van der Waals surface area contributed by atoms with E-state index in [1.54, 1.807) is 6.92 Å². The standard InChI is InChI=1S/C16H21ClN2O6S/c1-3-11(2)18-16(22)19-14(20)10-25-15(21)8-9-26(23,24)13-6-4-12(17)5-7-13/h4-7,11H,3,8-10H2,1-2H3,(H2,18,19,20,22)/t11-/m0/s1. The monoisotopic (exact) mass is 404 g/mol. The van der Waals surface area contributed by atoms with Gasteiger partial charge in [0.05, 0.1) is 17.1 Å². The molecule has 0 fully saturated rings. The SMILES string of the molecule is CC[C@H](C)NC(=O)NC(=O)COC(=O)CCS(=O)(=O)c1ccc(Cl)cc1. The minimum atomic E-state index is -3.67. The minimum absolute atomic E-state index is 0.0363. The van der Waals surface area contributed by atoms with Crippen LogP contribution in [0.4, 0.5) is 4.79 Å². The summed E-state index contributed by atoms with van der Waals surface area (Å²) in [6, 6.07) is 4.75. The summed E-state index contributed by atoms with van der Waals surface area (Å²) in [6.07, 6.45) is 0.274. The summed E-state index contributed by atoms with van der Waals surface area (Å²) in [6.45, 7) is 2.96. The Morgan fingerprint density at radius 3 is 2.38 bits per heavy atom. The Morgan fingerprint density at radius 2 is 1.81 bits per heavy atom. The number of esters is 1. The van der Waals surface area contributed by atoms with E-state index >= 15 is 0 Å². The van der Waals surface area contributed by atoms with E-state index in [4.69, 9.17) is 11.6 Å². The third-order valence-electron chi connectivity index (χ3n) is 3.35. The van der Waals surface area contributed by atoms with E-state index in [-0.39, 0.29) is 10.9 Å². The molecule has 0 saturated carbocycles. The van der Waals surface area contributed by atoms with Crippen molar-refractivity contribution in [2.24, 2.45) is 0 Å². The van der Waals surface area contributed by atoms with E-state index in [1.165, 1.54) is 24.3 Å². The summed E-state index contributed by atoms with van der Waals surface area (Å²) in [4.78, 5) is 34.6. The Labute approximate surface area is 157 Å². The van der Waals surface area contributed by atoms with Crippen molar-refractivity contribution in [1.82, 2.24) is 10.6 Å². The lowest BCUT2D eigenvalue weighted by Gasteiger charge is -2.11. The number of imide groups is 1. The molecular formula is C16H21ClN2O6S. The zero-order valence-corrected chi connectivity index (χ0v) is 16.0. The summed E-state index contributed by atoms with van der Waals surface area (Å²) in [7, 11) is -3.67. The van der Waals surface area contributed by atoms with Gasteiger partial charge in [-0.25, -0.2) is 13.2 Å². The first-order chi connectivity index (χ1) is 12.1. The Bertz CT molecular complexity index is 749. The predicted molar refractivity (Wildman–Crippen MR) is 95.5 cm³/mol. The quantitative estimate of drug-likeness (QED) is 0.636. The van der Waals surface area contributed by atoms with Crippen molar-refractivity contribution in [1.29, 1.82) is 0 Å². The first kappa shape index (κ1) is 21.9. The van der Waals surface area contributed by atoms with Crippen LogP contribution in [0.5, 0.6) is 0 Å². The number of halogens is 1. The minimum Gasteiger partial charge on any atom is -0.456 e. The van der Waals surface area contributed by atoms with Gasteiger partial charge in [-0.1, -0.05) is 18.5 Å². The van der Waals surface area contributed by atoms with Crippen LogP contribution in [0.2, 0.25) is 5.02 Å². The number of rotatable bonds is 8. The van der Waals surface area contributed by atoms with Gasteiger partial charge in [-0.15, -0.1) is 0 Å². The molecule has 26 heavy (non-hydrogen) atoms. The highest BCUT2D eigenvalue weighted by atomic mass is 35.5. The highest BCUT2D eigenvalue weighted by Crippen LogP contribution is 2.16. The van der Waals surface area contributed by atoms with Crippen LogP contribution < -0.4 is 10.6 Å². The second kappa shape index (κ2) is 10.1. The third kappa shape index (κ3) is 7.83. The summed E-state index contributed by atoms with van der Waals surface area (Å²) >= 11 is 5.70. The van der Waals surface area contributed by atoms with Gasteiger partial charge in [-0.05, 0) is 37.6 Å². The van der Waals surface area contributed by atoms with Gasteiger partial charge in [-0.2, -0.15) is 0 Å². The Balaban J connectivity index is 2.39. The smallest absolute Gasteiger partial charge is 0.321 e. The van der Waals surface area contributed by atoms with Gasteiger partial charge in [0.1, 0.15) is 0 Å². The molecule has 0 saturated heterocycles. The highest BCUT2D eigenvalue weighted by molar-refractivity contribution is 7.91. The zero-order valence-electron chi connectivity index (χ0n) is 14.5. The molecule has 144 valence electrons. The van der Waals surface area contributed by atoms with Crippen LogP contribution in [-0.2, 0) is 24.2 Å². The third-order valence-corrected chi connectivity index (χ3v) is 5.34. The van der Waals surface area contributed by atoms with Crippen molar-refractivity contribution in [2.75, 3.05) is 12.4 Å². The number of hydrogen-bond donors (Lipinski definition) is 2. The lowest BCUT2D eigenvalue weighted by Crippen LogP contribution is -2.44. The van der Waals surface area contributed by atoms with E-state index in [9.17, 15) is 22.8 Å². The molecule has 1 atom stereocenters. The van der Waals surface area contributed by atoms with E-state index in [0.29, 0.717) is 11.4 Å². The fraction of sp³-hybridized carbons (Fsp3) is 0.438. The fourth-order valence-electron chi connectivity index (χ4n) is 1.72. The maximum atomic E-state index is 12.1. The molecule has 0 aliphatic rings. The van der Waals surface area contributed by atoms with Crippen LogP contribution in [0.25, 0.3) is 0 Å². The number of urea groups is 1. The van der Waals surface area contributed by atoms with Crippen LogP contribution in [0.15, 0.2) is 29.2 Å². The number of amides is 3. The van der Waals surface area contributed by atoms with Crippen molar-refractivity contribution in [3.63, 3.8) is 0 Å². The molecule has 0 aliphatic heterocycles. The normalized spacial score (nSPS) is 12.1. The van der Waals surface area contributed by atoms with Crippen LogP contribution in [0.3, 0.4) is 0 Å². The first-order valence-corrected chi connectivity index (χ1v) is 9.91. The highest BCUT2D eigenvalue weighted by Gasteiger charge is 2.18. The van der Waals surface area contributed by atoms with Gasteiger partial charge in [0.25, 0.3) is 5.91 Å². The lowest BCUT2D eigenvalue weighted by molar-refractivity contribution is -0.147. The molecule has 1 rings (SSSR count). The number of benzene rings is 1. The lowest BCUT2D eigenvalue weighted by atomic mass is 10.3. The van der Waals surface area contributed by atoms with E-state index in [2.05, 4.69) is 10.1 Å². The van der Waals surface area contributed by atoms with Gasteiger partial charge in [0.15, 0.2) is 16.4 Å². The summed E-state index contributed by atoms with van der Waals surface area (Å²) in [5.41, 5.74) is 0. The van der Waals surface area contributed by atoms with Crippen molar-refractivity contribution in [3.05, 3.63) is 29.3 Å². The molecule has 8 nitrogen and oxygen atoms in total. The second-order valence-corrected chi connectivity index (χ2v) is 8.06. The van der Waals surface area contributed by atoms with Crippen LogP contribution in [-0.4, -0.2) is 44.7 Å². The van der Waals surface area contributed by atoms with E-state index in [1.807, 2.05) is 12.2 Å². The Kier molecular flexibility index (Phi) is 8.53. The van der Waals surface area contributed by atoms with Gasteiger partial charge in [-0.3, -0.25) is 14.9 Å². The zero-order chi connectivity index (χ0) is 19.7. The number of ether oxygens (including phenoxy) is 1. The summed E-state index contributed by atoms with van der Waals surface area (Å²) < 4.78 is 28.8. The van der Waals surface area contributed by atoms with Crippen LogP contribution >= 0.6 is 11.6 Å². The predicted octanol–water partition coefficient (Wildman–Crippen LogP) is 1.67. The fourth-order valence-corrected chi connectivity index (χ4v) is 3.07. The number of sulfone groups is 1. The molecule has 1 aromatic rings. The average Bonchev–Trinajstić information content (AvgIpc) is 2.58. The molecule has 0 aromatic heterocycles. The molecule has 0 spiro atoms. The summed E-state index contributed by atoms with van der Waals surface area (Å²) in [5.74, 6) is -2.14. The number of nitrogens with one attached hydrogen (secondary N) is 2. The maximum absolute atomic E-state index is 12.1. The van der Waals surface area contributed by atoms with Crippen molar-refractivity contribution in [3.8, 4) is 0 Å². The van der Waals surface area contributed by atoms with Crippen molar-refractivity contribution < 1.29 is 27.5 Å². The topological polar surface area (TPSA) is 119 Å². The average molecular weight is 405 g/mol. The molecule has 0 bridgehead atoms. The molecule has 3 amide bonds. The first-order valence-electron chi connectivity index (χ1n) is 7.88.